The smallest absolute Gasteiger partial charge is 0.318 e. The van der Waals surface area contributed by atoms with E-state index in [4.69, 9.17) is 9.72 Å². The van der Waals surface area contributed by atoms with E-state index in [1.165, 1.54) is 6.42 Å². The average Bonchev–Trinajstić information content (AvgIpc) is 3.79. The lowest BCUT2D eigenvalue weighted by Gasteiger charge is -2.23. The van der Waals surface area contributed by atoms with Gasteiger partial charge in [0.1, 0.15) is 6.10 Å². The van der Waals surface area contributed by atoms with E-state index in [-0.39, 0.29) is 36.4 Å². The van der Waals surface area contributed by atoms with E-state index in [0.29, 0.717) is 37.0 Å². The average molecular weight is 654 g/mol. The van der Waals surface area contributed by atoms with Crippen molar-refractivity contribution in [1.29, 1.82) is 0 Å². The highest BCUT2D eigenvalue weighted by Gasteiger charge is 2.27. The molecule has 0 spiro atoms. The van der Waals surface area contributed by atoms with E-state index in [2.05, 4.69) is 41.0 Å². The zero-order valence-corrected chi connectivity index (χ0v) is 27.4. The van der Waals surface area contributed by atoms with Gasteiger partial charge in [-0.15, -0.1) is 0 Å². The number of amides is 1. The Balaban J connectivity index is 0.979. The Morgan fingerprint density at radius 1 is 1.10 bits per heavy atom. The van der Waals surface area contributed by atoms with Gasteiger partial charge >= 0.3 is 6.01 Å². The second kappa shape index (κ2) is 13.6. The quantitative estimate of drug-likeness (QED) is 0.152. The first-order chi connectivity index (χ1) is 23.3. The van der Waals surface area contributed by atoms with Gasteiger partial charge in [0.15, 0.2) is 17.5 Å². The monoisotopic (exact) mass is 653 g/mol. The summed E-state index contributed by atoms with van der Waals surface area (Å²) in [4.78, 5) is 36.2. The summed E-state index contributed by atoms with van der Waals surface area (Å²) < 4.78 is 22.2. The maximum absolute atomic E-state index is 14.4. The number of aromatic nitrogens is 7. The Morgan fingerprint density at radius 3 is 2.77 bits per heavy atom. The highest BCUT2D eigenvalue weighted by Crippen LogP contribution is 2.33. The van der Waals surface area contributed by atoms with Crippen molar-refractivity contribution in [3.05, 3.63) is 59.9 Å². The highest BCUT2D eigenvalue weighted by molar-refractivity contribution is 6.06. The third kappa shape index (κ3) is 6.93. The number of H-pyrrole nitrogens is 1. The fraction of sp³-hybridized carbons (Fsp3) is 0.412. The number of halogens is 1. The summed E-state index contributed by atoms with van der Waals surface area (Å²) in [6, 6.07) is 8.10. The first kappa shape index (κ1) is 31.5. The van der Waals surface area contributed by atoms with Crippen LogP contribution < -0.4 is 20.7 Å². The van der Waals surface area contributed by atoms with Gasteiger partial charge in [-0.25, -0.2) is 19.3 Å². The summed E-state index contributed by atoms with van der Waals surface area (Å²) in [5.41, 5.74) is 5.11. The number of rotatable bonds is 10. The molecule has 1 atom stereocenters. The minimum atomic E-state index is -0.480. The highest BCUT2D eigenvalue weighted by atomic mass is 19.1. The number of ether oxygens (including phenoxy) is 1. The van der Waals surface area contributed by atoms with Gasteiger partial charge in [-0.1, -0.05) is 31.4 Å². The molecule has 1 aliphatic carbocycles. The fourth-order valence-electron chi connectivity index (χ4n) is 6.49. The van der Waals surface area contributed by atoms with Crippen LogP contribution in [0.3, 0.4) is 0 Å². The van der Waals surface area contributed by atoms with Gasteiger partial charge in [-0.3, -0.25) is 14.4 Å². The van der Waals surface area contributed by atoms with Crippen molar-refractivity contribution >= 4 is 40.1 Å². The zero-order chi connectivity index (χ0) is 33.2. The number of aryl methyl sites for hydroxylation is 3. The molecule has 5 aromatic rings. The molecule has 1 saturated carbocycles. The van der Waals surface area contributed by atoms with Gasteiger partial charge in [0.05, 0.1) is 29.6 Å². The van der Waals surface area contributed by atoms with Crippen molar-refractivity contribution in [2.75, 3.05) is 35.6 Å². The number of nitrogens with one attached hydrogen (secondary N) is 4. The Labute approximate surface area is 277 Å². The first-order valence-corrected chi connectivity index (χ1v) is 16.5. The number of anilines is 4. The van der Waals surface area contributed by atoms with E-state index < -0.39 is 5.82 Å². The summed E-state index contributed by atoms with van der Waals surface area (Å²) in [7, 11) is 1.89. The largest absolute Gasteiger partial charge is 0.459 e. The molecule has 4 aromatic heterocycles. The summed E-state index contributed by atoms with van der Waals surface area (Å²) >= 11 is 0. The minimum absolute atomic E-state index is 0.133. The molecule has 2 fully saturated rings. The van der Waals surface area contributed by atoms with Gasteiger partial charge in [0.2, 0.25) is 11.9 Å². The van der Waals surface area contributed by atoms with Crippen molar-refractivity contribution in [2.45, 2.75) is 64.5 Å². The molecule has 0 unspecified atom stereocenters. The number of carbonyl (C=O) groups is 1. The number of likely N-dealkylation sites (tertiary alicyclic amines) is 1. The first-order valence-electron chi connectivity index (χ1n) is 16.5. The van der Waals surface area contributed by atoms with Gasteiger partial charge in [-0.2, -0.15) is 10.1 Å². The van der Waals surface area contributed by atoms with Gasteiger partial charge in [0, 0.05) is 61.3 Å². The van der Waals surface area contributed by atoms with Crippen molar-refractivity contribution < 1.29 is 13.9 Å². The lowest BCUT2D eigenvalue weighted by Crippen LogP contribution is -2.33. The van der Waals surface area contributed by atoms with Crippen LogP contribution in [0.5, 0.6) is 6.01 Å². The van der Waals surface area contributed by atoms with Crippen molar-refractivity contribution in [1.82, 2.24) is 39.6 Å². The Hall–Kier alpha value is -5.11. The molecule has 13 nitrogen and oxygen atoms in total. The summed E-state index contributed by atoms with van der Waals surface area (Å²) in [5.74, 6) is 0.695. The second-order valence-corrected chi connectivity index (χ2v) is 12.7. The maximum atomic E-state index is 14.4. The molecule has 0 radical (unpaired) electrons. The lowest BCUT2D eigenvalue weighted by atomic mass is 9.95. The molecular formula is C34H40FN11O2. The Bertz CT molecular complexity index is 1910. The second-order valence-electron chi connectivity index (χ2n) is 12.7. The van der Waals surface area contributed by atoms with Crippen LogP contribution in [0.15, 0.2) is 42.9 Å². The molecule has 7 rings (SSSR count). The van der Waals surface area contributed by atoms with Crippen LogP contribution >= 0.6 is 0 Å². The normalized spacial score (nSPS) is 17.1. The molecule has 1 amide bonds. The molecule has 4 N–H and O–H groups in total. The molecule has 250 valence electrons. The number of para-hydroxylation sites is 1. The summed E-state index contributed by atoms with van der Waals surface area (Å²) in [6.07, 6.45) is 10.9. The number of benzene rings is 1. The van der Waals surface area contributed by atoms with Crippen LogP contribution in [-0.2, 0) is 11.8 Å². The van der Waals surface area contributed by atoms with E-state index >= 15 is 0 Å². The maximum Gasteiger partial charge on any atom is 0.318 e. The van der Waals surface area contributed by atoms with Crippen LogP contribution in [0.25, 0.3) is 22.2 Å². The molecule has 14 heteroatoms. The van der Waals surface area contributed by atoms with Gasteiger partial charge in [-0.05, 0) is 44.7 Å². The van der Waals surface area contributed by atoms with Crippen LogP contribution in [0.1, 0.15) is 49.8 Å². The van der Waals surface area contributed by atoms with Gasteiger partial charge < -0.3 is 25.7 Å². The predicted octanol–water partition coefficient (Wildman–Crippen LogP) is 5.48. The van der Waals surface area contributed by atoms with Crippen LogP contribution in [-0.4, -0.2) is 77.3 Å². The van der Waals surface area contributed by atoms with Crippen molar-refractivity contribution in [3.63, 3.8) is 0 Å². The minimum Gasteiger partial charge on any atom is -0.459 e. The zero-order valence-electron chi connectivity index (χ0n) is 27.4. The summed E-state index contributed by atoms with van der Waals surface area (Å²) in [6.45, 7) is 5.38. The van der Waals surface area contributed by atoms with E-state index in [0.717, 1.165) is 65.3 Å². The van der Waals surface area contributed by atoms with E-state index in [9.17, 15) is 9.18 Å². The Morgan fingerprint density at radius 2 is 1.96 bits per heavy atom. The molecule has 5 heterocycles. The molecule has 2 aliphatic rings. The lowest BCUT2D eigenvalue weighted by molar-refractivity contribution is -0.117. The topological polar surface area (TPSA) is 151 Å². The number of fused-ring (bicyclic) bond motifs is 1. The summed E-state index contributed by atoms with van der Waals surface area (Å²) in [5, 5.41) is 14.9. The molecule has 1 aromatic carbocycles. The third-order valence-electron chi connectivity index (χ3n) is 9.11. The van der Waals surface area contributed by atoms with E-state index in [1.54, 1.807) is 10.9 Å². The van der Waals surface area contributed by atoms with Gasteiger partial charge in [0.25, 0.3) is 0 Å². The molecular weight excluding hydrogens is 613 g/mol. The molecule has 1 aliphatic heterocycles. The Kier molecular flexibility index (Phi) is 8.89. The molecule has 1 saturated heterocycles. The number of aromatic amines is 1. The molecule has 0 bridgehead atoms. The third-order valence-corrected chi connectivity index (χ3v) is 9.11. The number of nitrogens with zero attached hydrogens (tertiary/aromatic N) is 7. The number of carbonyl (C=O) groups excluding carboxylic acids is 1. The predicted molar refractivity (Wildman–Crippen MR) is 182 cm³/mol. The SMILES string of the molecule is Cc1cnc(Nc2cc(C)n(C)n2)nc1-c1c[nH]c2c(NC(=O)CN3CC[C@H](Oc4ncc(F)c(NC5CCCCC5)n4)C3)cccc12. The van der Waals surface area contributed by atoms with Crippen molar-refractivity contribution in [2.24, 2.45) is 7.05 Å². The molecule has 48 heavy (non-hydrogen) atoms. The standard InChI is InChI=1S/C34H40FN11O2/c1-20-15-37-33(41-28-14-21(2)45(3)44-28)42-30(20)25-16-36-31-24(25)10-7-11-27(31)40-29(47)19-46-13-12-23(18-46)48-34-38-17-26(35)32(43-34)39-22-8-5-4-6-9-22/h7,10-11,14-17,22-23,36H,4-6,8-9,12-13,18-19H2,1-3H3,(H,40,47)(H,38,39,43)(H,37,41,42,44)/t23-/m0/s1. The van der Waals surface area contributed by atoms with Crippen LogP contribution in [0, 0.1) is 19.7 Å². The number of hydrogen-bond donors (Lipinski definition) is 4. The van der Waals surface area contributed by atoms with E-state index in [1.807, 2.05) is 56.3 Å². The van der Waals surface area contributed by atoms with Crippen LogP contribution in [0.4, 0.5) is 27.7 Å². The number of hydrogen-bond acceptors (Lipinski definition) is 10. The van der Waals surface area contributed by atoms with Crippen molar-refractivity contribution in [3.8, 4) is 17.3 Å². The van der Waals surface area contributed by atoms with Crippen LogP contribution in [0.2, 0.25) is 0 Å². The fourth-order valence-corrected chi connectivity index (χ4v) is 6.49.